The molecule has 0 aliphatic rings. The third-order valence-electron chi connectivity index (χ3n) is 3.31. The highest BCUT2D eigenvalue weighted by molar-refractivity contribution is 7.98. The number of ether oxygens (including phenoxy) is 1. The Bertz CT molecular complexity index is 642. The van der Waals surface area contributed by atoms with E-state index in [0.717, 1.165) is 0 Å². The third kappa shape index (κ3) is 7.00. The largest absolute Gasteiger partial charge is 0.451 e. The molecule has 9 heteroatoms. The van der Waals surface area contributed by atoms with Gasteiger partial charge in [-0.1, -0.05) is 6.07 Å². The van der Waals surface area contributed by atoms with Crippen LogP contribution in [0, 0.1) is 12.7 Å². The number of carbonyl (C=O) groups excluding carboxylic acids is 3. The Kier molecular flexibility index (Phi) is 8.20. The molecular weight excluding hydrogens is 349 g/mol. The fourth-order valence-electron chi connectivity index (χ4n) is 1.88. The summed E-state index contributed by atoms with van der Waals surface area (Å²) in [4.78, 5) is 35.2. The highest BCUT2D eigenvalue weighted by atomic mass is 32.2. The zero-order chi connectivity index (χ0) is 19.0. The molecular formula is C16H22FN3O4S. The first-order valence-electron chi connectivity index (χ1n) is 7.57. The van der Waals surface area contributed by atoms with E-state index in [-0.39, 0.29) is 5.69 Å². The molecule has 0 saturated heterocycles. The van der Waals surface area contributed by atoms with E-state index >= 15 is 0 Å². The van der Waals surface area contributed by atoms with Crippen LogP contribution < -0.4 is 16.4 Å². The number of carbonyl (C=O) groups is 3. The summed E-state index contributed by atoms with van der Waals surface area (Å²) in [6.07, 6.45) is 1.05. The van der Waals surface area contributed by atoms with Crippen LogP contribution in [-0.2, 0) is 14.3 Å². The number of nitrogens with two attached hydrogens (primary N) is 1. The van der Waals surface area contributed by atoms with Crippen LogP contribution in [0.4, 0.5) is 14.9 Å². The summed E-state index contributed by atoms with van der Waals surface area (Å²) in [6.45, 7) is 2.99. The maximum atomic E-state index is 13.5. The number of hydrogen-bond acceptors (Lipinski definition) is 5. The molecule has 0 aliphatic carbocycles. The van der Waals surface area contributed by atoms with Crippen molar-refractivity contribution in [3.8, 4) is 0 Å². The molecule has 25 heavy (non-hydrogen) atoms. The van der Waals surface area contributed by atoms with E-state index in [1.807, 2.05) is 6.26 Å². The van der Waals surface area contributed by atoms with Crippen LogP contribution in [0.2, 0.25) is 0 Å². The predicted molar refractivity (Wildman–Crippen MR) is 94.8 cm³/mol. The van der Waals surface area contributed by atoms with Gasteiger partial charge in [0.15, 0.2) is 6.10 Å². The van der Waals surface area contributed by atoms with Gasteiger partial charge in [0.2, 0.25) is 0 Å². The lowest BCUT2D eigenvalue weighted by molar-refractivity contribution is -0.155. The Morgan fingerprint density at radius 1 is 1.36 bits per heavy atom. The maximum absolute atomic E-state index is 13.5. The molecule has 7 nitrogen and oxygen atoms in total. The number of esters is 1. The summed E-state index contributed by atoms with van der Waals surface area (Å²) in [5.74, 6) is -1.22. The van der Waals surface area contributed by atoms with E-state index < -0.39 is 35.9 Å². The third-order valence-corrected chi connectivity index (χ3v) is 3.96. The molecule has 0 saturated carbocycles. The number of urea groups is 1. The number of hydrogen-bond donors (Lipinski definition) is 3. The number of benzene rings is 1. The first-order chi connectivity index (χ1) is 11.7. The molecule has 0 fully saturated rings. The second-order valence-corrected chi connectivity index (χ2v) is 6.36. The lowest BCUT2D eigenvalue weighted by atomic mass is 10.2. The Labute approximate surface area is 149 Å². The van der Waals surface area contributed by atoms with Crippen molar-refractivity contribution in [2.45, 2.75) is 32.4 Å². The molecule has 0 spiro atoms. The summed E-state index contributed by atoms with van der Waals surface area (Å²) in [5, 5.41) is 4.76. The van der Waals surface area contributed by atoms with Crippen molar-refractivity contribution < 1.29 is 23.5 Å². The number of nitrogens with one attached hydrogen (secondary N) is 2. The van der Waals surface area contributed by atoms with Crippen molar-refractivity contribution in [2.24, 2.45) is 5.73 Å². The quantitative estimate of drug-likeness (QED) is 0.604. The van der Waals surface area contributed by atoms with Crippen LogP contribution in [0.5, 0.6) is 0 Å². The summed E-state index contributed by atoms with van der Waals surface area (Å²) in [7, 11) is 0. The summed E-state index contributed by atoms with van der Waals surface area (Å²) in [5.41, 5.74) is 5.75. The standard InChI is InChI=1S/C16H22FN3O4S/c1-9-4-5-11(8-12(9)17)19-14(21)10(2)24-15(22)13(6-7-25-3)20-16(18)23/h4-5,8,10,13H,6-7H2,1-3H3,(H,19,21)(H3,18,20,23)/t10-,13-/m0/s1. The lowest BCUT2D eigenvalue weighted by Gasteiger charge is -2.19. The van der Waals surface area contributed by atoms with E-state index in [4.69, 9.17) is 10.5 Å². The predicted octanol–water partition coefficient (Wildman–Crippen LogP) is 1.79. The maximum Gasteiger partial charge on any atom is 0.329 e. The zero-order valence-corrected chi connectivity index (χ0v) is 15.1. The fraction of sp³-hybridized carbons (Fsp3) is 0.438. The number of anilines is 1. The van der Waals surface area contributed by atoms with Gasteiger partial charge in [-0.05, 0) is 50.0 Å². The number of halogens is 1. The fourth-order valence-corrected chi connectivity index (χ4v) is 2.35. The van der Waals surface area contributed by atoms with Gasteiger partial charge in [0.05, 0.1) is 0 Å². The average molecular weight is 371 g/mol. The van der Waals surface area contributed by atoms with E-state index in [2.05, 4.69) is 10.6 Å². The molecule has 0 aliphatic heterocycles. The minimum atomic E-state index is -1.12. The van der Waals surface area contributed by atoms with Crippen molar-refractivity contribution in [3.05, 3.63) is 29.6 Å². The summed E-state index contributed by atoms with van der Waals surface area (Å²) < 4.78 is 18.6. The van der Waals surface area contributed by atoms with E-state index in [0.29, 0.717) is 17.7 Å². The van der Waals surface area contributed by atoms with Gasteiger partial charge in [0, 0.05) is 5.69 Å². The van der Waals surface area contributed by atoms with Gasteiger partial charge < -0.3 is 21.1 Å². The number of amides is 3. The normalized spacial score (nSPS) is 12.8. The molecule has 0 bridgehead atoms. The minimum Gasteiger partial charge on any atom is -0.451 e. The van der Waals surface area contributed by atoms with Gasteiger partial charge in [-0.15, -0.1) is 0 Å². The Hall–Kier alpha value is -2.29. The molecule has 4 N–H and O–H groups in total. The first kappa shape index (κ1) is 20.8. The van der Waals surface area contributed by atoms with Gasteiger partial charge in [-0.2, -0.15) is 11.8 Å². The van der Waals surface area contributed by atoms with Crippen LogP contribution in [0.25, 0.3) is 0 Å². The van der Waals surface area contributed by atoms with Crippen molar-refractivity contribution in [3.63, 3.8) is 0 Å². The molecule has 3 amide bonds. The lowest BCUT2D eigenvalue weighted by Crippen LogP contribution is -2.46. The Morgan fingerprint density at radius 3 is 2.60 bits per heavy atom. The van der Waals surface area contributed by atoms with Crippen molar-refractivity contribution in [1.29, 1.82) is 0 Å². The molecule has 1 aromatic rings. The number of thioether (sulfide) groups is 1. The smallest absolute Gasteiger partial charge is 0.329 e. The van der Waals surface area contributed by atoms with Gasteiger partial charge in [0.25, 0.3) is 5.91 Å². The molecule has 1 rings (SSSR count). The highest BCUT2D eigenvalue weighted by Crippen LogP contribution is 2.14. The molecule has 0 radical (unpaired) electrons. The Morgan fingerprint density at radius 2 is 2.04 bits per heavy atom. The van der Waals surface area contributed by atoms with Crippen molar-refractivity contribution in [1.82, 2.24) is 5.32 Å². The zero-order valence-electron chi connectivity index (χ0n) is 14.3. The Balaban J connectivity index is 2.65. The molecule has 0 heterocycles. The second kappa shape index (κ2) is 9.87. The van der Waals surface area contributed by atoms with Crippen LogP contribution >= 0.6 is 11.8 Å². The van der Waals surface area contributed by atoms with Gasteiger partial charge in [0.1, 0.15) is 11.9 Å². The van der Waals surface area contributed by atoms with E-state index in [1.54, 1.807) is 13.0 Å². The van der Waals surface area contributed by atoms with Crippen molar-refractivity contribution >= 4 is 35.4 Å². The molecule has 1 aromatic carbocycles. The van der Waals surface area contributed by atoms with E-state index in [1.165, 1.54) is 30.8 Å². The number of rotatable bonds is 8. The summed E-state index contributed by atoms with van der Waals surface area (Å²) >= 11 is 1.49. The van der Waals surface area contributed by atoms with Gasteiger partial charge in [-0.3, -0.25) is 4.79 Å². The molecule has 0 aromatic heterocycles. The molecule has 0 unspecified atom stereocenters. The van der Waals surface area contributed by atoms with Crippen LogP contribution in [-0.4, -0.2) is 42.1 Å². The van der Waals surface area contributed by atoms with Gasteiger partial charge >= 0.3 is 12.0 Å². The first-order valence-corrected chi connectivity index (χ1v) is 8.96. The van der Waals surface area contributed by atoms with Crippen LogP contribution in [0.15, 0.2) is 18.2 Å². The van der Waals surface area contributed by atoms with Crippen LogP contribution in [0.3, 0.4) is 0 Å². The SMILES string of the molecule is CSCC[C@H](NC(N)=O)C(=O)O[C@@H](C)C(=O)Nc1ccc(C)c(F)c1. The average Bonchev–Trinajstić information content (AvgIpc) is 2.54. The highest BCUT2D eigenvalue weighted by Gasteiger charge is 2.25. The number of primary amides is 1. The number of aryl methyl sites for hydroxylation is 1. The minimum absolute atomic E-state index is 0.255. The molecule has 2 atom stereocenters. The van der Waals surface area contributed by atoms with Crippen LogP contribution in [0.1, 0.15) is 18.9 Å². The molecule has 138 valence electrons. The monoisotopic (exact) mass is 371 g/mol. The topological polar surface area (TPSA) is 111 Å². The second-order valence-electron chi connectivity index (χ2n) is 5.37. The summed E-state index contributed by atoms with van der Waals surface area (Å²) in [6, 6.07) is 2.46. The van der Waals surface area contributed by atoms with Crippen molar-refractivity contribution in [2.75, 3.05) is 17.3 Å². The van der Waals surface area contributed by atoms with Gasteiger partial charge in [-0.25, -0.2) is 14.0 Å². The van der Waals surface area contributed by atoms with E-state index in [9.17, 15) is 18.8 Å².